The molecule has 11 nitrogen and oxygen atoms in total. The van der Waals surface area contributed by atoms with Crippen LogP contribution in [0.1, 0.15) is 39.0 Å². The average molecular weight is 446 g/mol. The number of amides is 4. The maximum atomic E-state index is 12.7. The SMILES string of the molecule is CSCCC(NC(=O)C(N)CCC(N)=O)C(=O)NC(C)C(=O)N1CCCC1C(=O)O. The largest absolute Gasteiger partial charge is 0.480 e. The Morgan fingerprint density at radius 3 is 2.40 bits per heavy atom. The molecule has 4 unspecified atom stereocenters. The molecule has 0 aromatic rings. The minimum Gasteiger partial charge on any atom is -0.480 e. The van der Waals surface area contributed by atoms with Crippen LogP contribution in [0.5, 0.6) is 0 Å². The summed E-state index contributed by atoms with van der Waals surface area (Å²) in [6.45, 7) is 1.79. The topological polar surface area (TPSA) is 185 Å². The molecule has 4 amide bonds. The first-order valence-electron chi connectivity index (χ1n) is 9.75. The number of hydrogen-bond donors (Lipinski definition) is 5. The fourth-order valence-corrected chi connectivity index (χ4v) is 3.60. The van der Waals surface area contributed by atoms with Crippen molar-refractivity contribution < 1.29 is 29.1 Å². The Morgan fingerprint density at radius 1 is 1.17 bits per heavy atom. The molecule has 1 heterocycles. The highest BCUT2D eigenvalue weighted by Gasteiger charge is 2.36. The summed E-state index contributed by atoms with van der Waals surface area (Å²) >= 11 is 1.48. The van der Waals surface area contributed by atoms with Crippen LogP contribution in [0, 0.1) is 0 Å². The Kier molecular flexibility index (Phi) is 10.6. The predicted octanol–water partition coefficient (Wildman–Crippen LogP) is -1.60. The predicted molar refractivity (Wildman–Crippen MR) is 111 cm³/mol. The Labute approximate surface area is 179 Å². The molecule has 1 rings (SSSR count). The van der Waals surface area contributed by atoms with Crippen molar-refractivity contribution in [2.24, 2.45) is 11.5 Å². The number of nitrogens with two attached hydrogens (primary N) is 2. The monoisotopic (exact) mass is 445 g/mol. The summed E-state index contributed by atoms with van der Waals surface area (Å²) in [4.78, 5) is 61.0. The lowest BCUT2D eigenvalue weighted by atomic mass is 10.1. The van der Waals surface area contributed by atoms with Gasteiger partial charge in [0.25, 0.3) is 0 Å². The van der Waals surface area contributed by atoms with Gasteiger partial charge >= 0.3 is 5.97 Å². The molecule has 0 radical (unpaired) electrons. The summed E-state index contributed by atoms with van der Waals surface area (Å²) in [5, 5.41) is 14.4. The number of hydrogen-bond acceptors (Lipinski definition) is 7. The van der Waals surface area contributed by atoms with Crippen molar-refractivity contribution in [3.05, 3.63) is 0 Å². The van der Waals surface area contributed by atoms with E-state index in [0.717, 1.165) is 0 Å². The number of aliphatic carboxylic acids is 1. The normalized spacial score (nSPS) is 18.9. The van der Waals surface area contributed by atoms with Crippen LogP contribution in [0.2, 0.25) is 0 Å². The number of carboxylic acids is 1. The first-order valence-corrected chi connectivity index (χ1v) is 11.1. The molecule has 12 heteroatoms. The smallest absolute Gasteiger partial charge is 0.326 e. The summed E-state index contributed by atoms with van der Waals surface area (Å²) in [5.41, 5.74) is 10.8. The second kappa shape index (κ2) is 12.4. The maximum absolute atomic E-state index is 12.7. The van der Waals surface area contributed by atoms with Crippen LogP contribution in [-0.2, 0) is 24.0 Å². The number of carboxylic acid groups (broad SMARTS) is 1. The molecule has 1 saturated heterocycles. The molecule has 0 bridgehead atoms. The highest BCUT2D eigenvalue weighted by Crippen LogP contribution is 2.18. The molecule has 1 fully saturated rings. The molecule has 30 heavy (non-hydrogen) atoms. The van der Waals surface area contributed by atoms with Crippen LogP contribution in [0.3, 0.4) is 0 Å². The van der Waals surface area contributed by atoms with Gasteiger partial charge in [0.1, 0.15) is 18.1 Å². The van der Waals surface area contributed by atoms with Gasteiger partial charge in [-0.05, 0) is 44.6 Å². The number of likely N-dealkylation sites (tertiary alicyclic amines) is 1. The number of rotatable bonds is 12. The van der Waals surface area contributed by atoms with Crippen LogP contribution in [0.4, 0.5) is 0 Å². The summed E-state index contributed by atoms with van der Waals surface area (Å²) in [7, 11) is 0. The van der Waals surface area contributed by atoms with Crippen LogP contribution in [0.25, 0.3) is 0 Å². The van der Waals surface area contributed by atoms with Gasteiger partial charge in [0.05, 0.1) is 6.04 Å². The van der Waals surface area contributed by atoms with E-state index in [1.165, 1.54) is 23.6 Å². The van der Waals surface area contributed by atoms with Gasteiger partial charge in [-0.2, -0.15) is 11.8 Å². The lowest BCUT2D eigenvalue weighted by molar-refractivity contribution is -0.149. The zero-order valence-corrected chi connectivity index (χ0v) is 18.1. The summed E-state index contributed by atoms with van der Waals surface area (Å²) in [6, 6.07) is -3.77. The standard InChI is InChI=1S/C18H31N5O6S/c1-10(17(27)23-8-3-4-13(23)18(28)29)21-16(26)12(7-9-30-2)22-15(25)11(19)5-6-14(20)24/h10-13H,3-9,19H2,1-2H3,(H2,20,24)(H,21,26)(H,22,25)(H,28,29). The van der Waals surface area contributed by atoms with E-state index in [2.05, 4.69) is 10.6 Å². The molecule has 7 N–H and O–H groups in total. The highest BCUT2D eigenvalue weighted by molar-refractivity contribution is 7.98. The summed E-state index contributed by atoms with van der Waals surface area (Å²) < 4.78 is 0. The van der Waals surface area contributed by atoms with Crippen LogP contribution >= 0.6 is 11.8 Å². The molecule has 1 aliphatic heterocycles. The third-order valence-corrected chi connectivity index (χ3v) is 5.48. The number of nitrogens with one attached hydrogen (secondary N) is 2. The molecular formula is C18H31N5O6S. The van der Waals surface area contributed by atoms with Crippen molar-refractivity contribution in [3.8, 4) is 0 Å². The summed E-state index contributed by atoms with van der Waals surface area (Å²) in [5.74, 6) is -2.72. The average Bonchev–Trinajstić information content (AvgIpc) is 3.18. The maximum Gasteiger partial charge on any atom is 0.326 e. The van der Waals surface area contributed by atoms with Gasteiger partial charge in [-0.1, -0.05) is 0 Å². The van der Waals surface area contributed by atoms with E-state index in [4.69, 9.17) is 11.5 Å². The second-order valence-corrected chi connectivity index (χ2v) is 8.20. The molecule has 0 aliphatic carbocycles. The number of carbonyl (C=O) groups is 5. The van der Waals surface area contributed by atoms with E-state index in [1.807, 2.05) is 6.26 Å². The Hall–Kier alpha value is -2.34. The molecule has 0 saturated carbocycles. The molecular weight excluding hydrogens is 414 g/mol. The lowest BCUT2D eigenvalue weighted by Crippen LogP contribution is -2.56. The summed E-state index contributed by atoms with van der Waals surface area (Å²) in [6.07, 6.45) is 3.11. The Balaban J connectivity index is 2.73. The van der Waals surface area contributed by atoms with Gasteiger partial charge in [0.15, 0.2) is 0 Å². The second-order valence-electron chi connectivity index (χ2n) is 7.21. The van der Waals surface area contributed by atoms with E-state index in [-0.39, 0.29) is 12.8 Å². The fraction of sp³-hybridized carbons (Fsp3) is 0.722. The van der Waals surface area contributed by atoms with Gasteiger partial charge < -0.3 is 32.1 Å². The van der Waals surface area contributed by atoms with Gasteiger partial charge in [-0.15, -0.1) is 0 Å². The first kappa shape index (κ1) is 25.7. The third-order valence-electron chi connectivity index (χ3n) is 4.83. The van der Waals surface area contributed by atoms with Crippen molar-refractivity contribution in [3.63, 3.8) is 0 Å². The zero-order chi connectivity index (χ0) is 22.8. The number of carbonyl (C=O) groups excluding carboxylic acids is 4. The number of thioether (sulfide) groups is 1. The van der Waals surface area contributed by atoms with Crippen molar-refractivity contribution in [2.75, 3.05) is 18.6 Å². The first-order chi connectivity index (χ1) is 14.1. The van der Waals surface area contributed by atoms with Crippen LogP contribution in [0.15, 0.2) is 0 Å². The number of nitrogens with zero attached hydrogens (tertiary/aromatic N) is 1. The fourth-order valence-electron chi connectivity index (χ4n) is 3.12. The van der Waals surface area contributed by atoms with E-state index in [9.17, 15) is 29.1 Å². The highest BCUT2D eigenvalue weighted by atomic mass is 32.2. The van der Waals surface area contributed by atoms with Gasteiger partial charge in [0, 0.05) is 13.0 Å². The van der Waals surface area contributed by atoms with E-state index in [1.54, 1.807) is 0 Å². The molecule has 1 aliphatic rings. The van der Waals surface area contributed by atoms with Crippen molar-refractivity contribution >= 4 is 41.4 Å². The van der Waals surface area contributed by atoms with Crippen molar-refractivity contribution in [1.82, 2.24) is 15.5 Å². The Bertz CT molecular complexity index is 661. The van der Waals surface area contributed by atoms with E-state index >= 15 is 0 Å². The third kappa shape index (κ3) is 7.82. The minimum absolute atomic E-state index is 0.0532. The zero-order valence-electron chi connectivity index (χ0n) is 17.3. The number of primary amides is 1. The molecule has 0 aromatic heterocycles. The molecule has 0 spiro atoms. The van der Waals surface area contributed by atoms with E-state index in [0.29, 0.717) is 31.6 Å². The van der Waals surface area contributed by atoms with Crippen LogP contribution in [-0.4, -0.2) is 82.3 Å². The van der Waals surface area contributed by atoms with Gasteiger partial charge in [0.2, 0.25) is 23.6 Å². The van der Waals surface area contributed by atoms with Crippen molar-refractivity contribution in [1.29, 1.82) is 0 Å². The van der Waals surface area contributed by atoms with Gasteiger partial charge in [-0.3, -0.25) is 19.2 Å². The quantitative estimate of drug-likeness (QED) is 0.238. The molecule has 4 atom stereocenters. The molecule has 0 aromatic carbocycles. The van der Waals surface area contributed by atoms with E-state index < -0.39 is 53.8 Å². The van der Waals surface area contributed by atoms with Gasteiger partial charge in [-0.25, -0.2) is 4.79 Å². The Morgan fingerprint density at radius 2 is 1.83 bits per heavy atom. The molecule has 170 valence electrons. The van der Waals surface area contributed by atoms with Crippen LogP contribution < -0.4 is 22.1 Å². The lowest BCUT2D eigenvalue weighted by Gasteiger charge is -2.27. The van der Waals surface area contributed by atoms with Crippen molar-refractivity contribution in [2.45, 2.75) is 63.2 Å². The minimum atomic E-state index is -1.07.